The van der Waals surface area contributed by atoms with E-state index in [4.69, 9.17) is 0 Å². The molecule has 4 heteroatoms. The van der Waals surface area contributed by atoms with E-state index in [1.54, 1.807) is 7.05 Å². The highest BCUT2D eigenvalue weighted by Crippen LogP contribution is 2.57. The molecule has 1 saturated carbocycles. The quantitative estimate of drug-likeness (QED) is 0.786. The molecular formula is C17H16BrF2N. The highest BCUT2D eigenvalue weighted by molar-refractivity contribution is 9.10. The zero-order chi connectivity index (χ0) is 15.0. The third-order valence-corrected chi connectivity index (χ3v) is 4.96. The van der Waals surface area contributed by atoms with Crippen LogP contribution in [0.1, 0.15) is 30.0 Å². The van der Waals surface area contributed by atoms with Gasteiger partial charge in [0.1, 0.15) is 11.6 Å². The fourth-order valence-electron chi connectivity index (χ4n) is 3.15. The molecule has 2 aromatic carbocycles. The van der Waals surface area contributed by atoms with Gasteiger partial charge in [-0.15, -0.1) is 0 Å². The maximum absolute atomic E-state index is 14.4. The SMILES string of the molecule is CNC(c1c(F)ccc(Br)c1F)C1(c2ccccc2)CC1. The Morgan fingerprint density at radius 2 is 1.76 bits per heavy atom. The van der Waals surface area contributed by atoms with Crippen molar-refractivity contribution in [2.45, 2.75) is 24.3 Å². The van der Waals surface area contributed by atoms with Gasteiger partial charge in [0.15, 0.2) is 0 Å². The summed E-state index contributed by atoms with van der Waals surface area (Å²) in [5.74, 6) is -1.02. The molecule has 1 nitrogen and oxygen atoms in total. The average molecular weight is 352 g/mol. The molecule has 1 aliphatic rings. The van der Waals surface area contributed by atoms with Gasteiger partial charge in [-0.1, -0.05) is 30.3 Å². The van der Waals surface area contributed by atoms with Gasteiger partial charge in [-0.2, -0.15) is 0 Å². The first-order valence-electron chi connectivity index (χ1n) is 6.96. The zero-order valence-corrected chi connectivity index (χ0v) is 13.3. The third kappa shape index (κ3) is 2.40. The molecule has 110 valence electrons. The monoisotopic (exact) mass is 351 g/mol. The van der Waals surface area contributed by atoms with E-state index in [9.17, 15) is 8.78 Å². The average Bonchev–Trinajstić information content (AvgIpc) is 3.30. The predicted octanol–water partition coefficient (Wildman–Crippen LogP) is 4.72. The van der Waals surface area contributed by atoms with E-state index >= 15 is 0 Å². The lowest BCUT2D eigenvalue weighted by molar-refractivity contribution is 0.416. The molecule has 2 aromatic rings. The van der Waals surface area contributed by atoms with Gasteiger partial charge in [-0.3, -0.25) is 0 Å². The Kier molecular flexibility index (Phi) is 3.84. The number of rotatable bonds is 4. The summed E-state index contributed by atoms with van der Waals surface area (Å²) in [4.78, 5) is 0. The summed E-state index contributed by atoms with van der Waals surface area (Å²) in [7, 11) is 1.76. The van der Waals surface area contributed by atoms with E-state index in [0.29, 0.717) is 4.47 Å². The maximum atomic E-state index is 14.4. The van der Waals surface area contributed by atoms with E-state index < -0.39 is 11.6 Å². The van der Waals surface area contributed by atoms with Crippen molar-refractivity contribution in [2.24, 2.45) is 0 Å². The summed E-state index contributed by atoms with van der Waals surface area (Å²) >= 11 is 3.15. The summed E-state index contributed by atoms with van der Waals surface area (Å²) in [6.07, 6.45) is 1.85. The van der Waals surface area contributed by atoms with Crippen LogP contribution in [-0.4, -0.2) is 7.05 Å². The molecule has 0 radical (unpaired) electrons. The van der Waals surface area contributed by atoms with Gasteiger partial charge in [0, 0.05) is 17.0 Å². The van der Waals surface area contributed by atoms with Crippen molar-refractivity contribution in [3.05, 3.63) is 69.7 Å². The van der Waals surface area contributed by atoms with Gasteiger partial charge in [-0.25, -0.2) is 8.78 Å². The number of hydrogen-bond acceptors (Lipinski definition) is 1. The summed E-state index contributed by atoms with van der Waals surface area (Å²) in [5, 5.41) is 3.13. The van der Waals surface area contributed by atoms with Gasteiger partial charge in [0.05, 0.1) is 4.47 Å². The van der Waals surface area contributed by atoms with Crippen molar-refractivity contribution in [1.82, 2.24) is 5.32 Å². The zero-order valence-electron chi connectivity index (χ0n) is 11.7. The van der Waals surface area contributed by atoms with Gasteiger partial charge in [-0.05, 0) is 53.5 Å². The number of halogens is 3. The molecule has 0 heterocycles. The summed E-state index contributed by atoms with van der Waals surface area (Å²) in [6.45, 7) is 0. The van der Waals surface area contributed by atoms with Gasteiger partial charge >= 0.3 is 0 Å². The minimum absolute atomic E-state index is 0.119. The molecule has 3 rings (SSSR count). The Bertz CT molecular complexity index is 653. The lowest BCUT2D eigenvalue weighted by Gasteiger charge is -2.28. The van der Waals surface area contributed by atoms with Crippen molar-refractivity contribution >= 4 is 15.9 Å². The molecule has 1 atom stereocenters. The van der Waals surface area contributed by atoms with Crippen molar-refractivity contribution in [2.75, 3.05) is 7.05 Å². The van der Waals surface area contributed by atoms with Crippen molar-refractivity contribution in [3.63, 3.8) is 0 Å². The minimum Gasteiger partial charge on any atom is -0.312 e. The van der Waals surface area contributed by atoms with Crippen LogP contribution < -0.4 is 5.32 Å². The van der Waals surface area contributed by atoms with Gasteiger partial charge in [0.25, 0.3) is 0 Å². The number of nitrogens with one attached hydrogen (secondary N) is 1. The fourth-order valence-corrected chi connectivity index (χ4v) is 3.50. The highest BCUT2D eigenvalue weighted by atomic mass is 79.9. The normalized spacial score (nSPS) is 17.5. The van der Waals surface area contributed by atoms with E-state index in [-0.39, 0.29) is 17.0 Å². The molecule has 1 aliphatic carbocycles. The molecule has 21 heavy (non-hydrogen) atoms. The fraction of sp³-hybridized carbons (Fsp3) is 0.294. The largest absolute Gasteiger partial charge is 0.312 e. The Balaban J connectivity index is 2.10. The van der Waals surface area contributed by atoms with Crippen LogP contribution in [0.2, 0.25) is 0 Å². The first-order valence-corrected chi connectivity index (χ1v) is 7.75. The second kappa shape index (κ2) is 5.50. The number of hydrogen-bond donors (Lipinski definition) is 1. The third-order valence-electron chi connectivity index (χ3n) is 4.35. The van der Waals surface area contributed by atoms with E-state index in [2.05, 4.69) is 21.2 Å². The van der Waals surface area contributed by atoms with E-state index in [1.165, 1.54) is 12.1 Å². The van der Waals surface area contributed by atoms with E-state index in [1.807, 2.05) is 30.3 Å². The van der Waals surface area contributed by atoms with Crippen LogP contribution in [0.4, 0.5) is 8.78 Å². The van der Waals surface area contributed by atoms with Crippen LogP contribution in [-0.2, 0) is 5.41 Å². The Morgan fingerprint density at radius 3 is 2.33 bits per heavy atom. The minimum atomic E-state index is -0.517. The molecule has 1 unspecified atom stereocenters. The van der Waals surface area contributed by atoms with Gasteiger partial charge < -0.3 is 5.32 Å². The molecule has 0 aliphatic heterocycles. The van der Waals surface area contributed by atoms with Crippen LogP contribution in [0.5, 0.6) is 0 Å². The second-order valence-electron chi connectivity index (χ2n) is 5.50. The molecule has 0 spiro atoms. The molecule has 0 saturated heterocycles. The molecule has 0 bridgehead atoms. The van der Waals surface area contributed by atoms with Crippen molar-refractivity contribution in [3.8, 4) is 0 Å². The number of benzene rings is 2. The summed E-state index contributed by atoms with van der Waals surface area (Å²) < 4.78 is 29.0. The molecular weight excluding hydrogens is 336 g/mol. The van der Waals surface area contributed by atoms with Crippen LogP contribution in [0.3, 0.4) is 0 Å². The molecule has 1 fully saturated rings. The molecule has 0 amide bonds. The highest BCUT2D eigenvalue weighted by Gasteiger charge is 2.52. The standard InChI is InChI=1S/C17H16BrF2N/c1-21-16(14-13(19)8-7-12(18)15(14)20)17(9-10-17)11-5-3-2-4-6-11/h2-8,16,21H,9-10H2,1H3. The number of likely N-dealkylation sites (N-methyl/N-ethyl adjacent to an activating group) is 1. The van der Waals surface area contributed by atoms with Crippen molar-refractivity contribution < 1.29 is 8.78 Å². The van der Waals surface area contributed by atoms with Gasteiger partial charge in [0.2, 0.25) is 0 Å². The Morgan fingerprint density at radius 1 is 1.10 bits per heavy atom. The smallest absolute Gasteiger partial charge is 0.145 e. The first-order chi connectivity index (χ1) is 10.1. The predicted molar refractivity (Wildman–Crippen MR) is 83.2 cm³/mol. The molecule has 1 N–H and O–H groups in total. The van der Waals surface area contributed by atoms with E-state index in [0.717, 1.165) is 18.4 Å². The van der Waals surface area contributed by atoms with Crippen LogP contribution in [0, 0.1) is 11.6 Å². The first kappa shape index (κ1) is 14.7. The Hall–Kier alpha value is -1.26. The van der Waals surface area contributed by atoms with Crippen LogP contribution in [0.25, 0.3) is 0 Å². The van der Waals surface area contributed by atoms with Crippen molar-refractivity contribution in [1.29, 1.82) is 0 Å². The second-order valence-corrected chi connectivity index (χ2v) is 6.36. The molecule has 0 aromatic heterocycles. The lowest BCUT2D eigenvalue weighted by atomic mass is 9.83. The van der Waals surface area contributed by atoms with Crippen LogP contribution >= 0.6 is 15.9 Å². The van der Waals surface area contributed by atoms with Crippen LogP contribution in [0.15, 0.2) is 46.9 Å². The maximum Gasteiger partial charge on any atom is 0.145 e. The topological polar surface area (TPSA) is 12.0 Å². The lowest BCUT2D eigenvalue weighted by Crippen LogP contribution is -2.31. The summed E-state index contributed by atoms with van der Waals surface area (Å²) in [6, 6.07) is 12.3. The Labute approximate surface area is 131 Å². The summed E-state index contributed by atoms with van der Waals surface area (Å²) in [5.41, 5.74) is 1.02.